The van der Waals surface area contributed by atoms with Gasteiger partial charge in [-0.05, 0) is 37.0 Å². The maximum absolute atomic E-state index is 13.5. The lowest BCUT2D eigenvalue weighted by molar-refractivity contribution is -0.141. The maximum atomic E-state index is 13.5. The van der Waals surface area contributed by atoms with Crippen LogP contribution in [0.2, 0.25) is 5.02 Å². The SMILES string of the molecule is O=C(Cc1cnc(Nc2cccc(Cl)c2)nc1C(F)(F)F)CC1CCOCC1. The van der Waals surface area contributed by atoms with E-state index < -0.39 is 11.9 Å². The zero-order chi connectivity index (χ0) is 20.1. The molecule has 5 nitrogen and oxygen atoms in total. The van der Waals surface area contributed by atoms with E-state index >= 15 is 0 Å². The van der Waals surface area contributed by atoms with Crippen molar-refractivity contribution in [2.45, 2.75) is 31.9 Å². The minimum Gasteiger partial charge on any atom is -0.381 e. The summed E-state index contributed by atoms with van der Waals surface area (Å²) in [6, 6.07) is 6.47. The fourth-order valence-corrected chi connectivity index (χ4v) is 3.28. The van der Waals surface area contributed by atoms with Crippen molar-refractivity contribution in [2.24, 2.45) is 5.92 Å². The molecule has 1 aromatic carbocycles. The van der Waals surface area contributed by atoms with Crippen molar-refractivity contribution in [1.29, 1.82) is 0 Å². The molecule has 28 heavy (non-hydrogen) atoms. The molecule has 0 bridgehead atoms. The summed E-state index contributed by atoms with van der Waals surface area (Å²) in [4.78, 5) is 19.8. The number of hydrogen-bond acceptors (Lipinski definition) is 5. The standard InChI is InChI=1S/C19H19ClF3N3O2/c20-14-2-1-3-15(10-14)25-18-24-11-13(17(26-18)19(21,22)23)9-16(27)8-12-4-6-28-7-5-12/h1-3,10-12H,4-9H2,(H,24,25,26). The van der Waals surface area contributed by atoms with Crippen molar-refractivity contribution >= 4 is 29.0 Å². The molecule has 150 valence electrons. The van der Waals surface area contributed by atoms with Gasteiger partial charge in [-0.15, -0.1) is 0 Å². The summed E-state index contributed by atoms with van der Waals surface area (Å²) < 4.78 is 45.7. The highest BCUT2D eigenvalue weighted by molar-refractivity contribution is 6.30. The zero-order valence-corrected chi connectivity index (χ0v) is 15.7. The van der Waals surface area contributed by atoms with Crippen LogP contribution in [-0.2, 0) is 22.1 Å². The Hall–Kier alpha value is -2.19. The summed E-state index contributed by atoms with van der Waals surface area (Å²) in [5.74, 6) is -0.313. The highest BCUT2D eigenvalue weighted by atomic mass is 35.5. The van der Waals surface area contributed by atoms with Crippen molar-refractivity contribution in [1.82, 2.24) is 9.97 Å². The molecule has 0 aliphatic carbocycles. The van der Waals surface area contributed by atoms with Crippen LogP contribution in [0, 0.1) is 5.92 Å². The molecule has 0 saturated carbocycles. The van der Waals surface area contributed by atoms with E-state index in [1.165, 1.54) is 0 Å². The Morgan fingerprint density at radius 2 is 2.04 bits per heavy atom. The van der Waals surface area contributed by atoms with Crippen molar-refractivity contribution in [3.05, 3.63) is 46.7 Å². The molecule has 9 heteroatoms. The van der Waals surface area contributed by atoms with Crippen LogP contribution in [0.5, 0.6) is 0 Å². The number of halogens is 4. The van der Waals surface area contributed by atoms with E-state index in [4.69, 9.17) is 16.3 Å². The van der Waals surface area contributed by atoms with Gasteiger partial charge < -0.3 is 10.1 Å². The van der Waals surface area contributed by atoms with Gasteiger partial charge in [-0.1, -0.05) is 17.7 Å². The number of nitrogens with one attached hydrogen (secondary N) is 1. The van der Waals surface area contributed by atoms with Gasteiger partial charge in [0, 0.05) is 48.5 Å². The lowest BCUT2D eigenvalue weighted by Gasteiger charge is -2.21. The number of hydrogen-bond donors (Lipinski definition) is 1. The van der Waals surface area contributed by atoms with Crippen molar-refractivity contribution in [3.63, 3.8) is 0 Å². The van der Waals surface area contributed by atoms with Gasteiger partial charge in [-0.25, -0.2) is 9.97 Å². The van der Waals surface area contributed by atoms with E-state index in [-0.39, 0.29) is 36.1 Å². The summed E-state index contributed by atoms with van der Waals surface area (Å²) >= 11 is 5.87. The predicted octanol–water partition coefficient (Wildman–Crippen LogP) is 4.82. The van der Waals surface area contributed by atoms with Crippen molar-refractivity contribution in [2.75, 3.05) is 18.5 Å². The number of rotatable bonds is 6. The lowest BCUT2D eigenvalue weighted by atomic mass is 9.92. The lowest BCUT2D eigenvalue weighted by Crippen LogP contribution is -2.21. The number of Topliss-reactive ketones (excluding diaryl/α,β-unsaturated/α-hetero) is 1. The molecular formula is C19H19ClF3N3O2. The topological polar surface area (TPSA) is 64.1 Å². The quantitative estimate of drug-likeness (QED) is 0.735. The number of ketones is 1. The van der Waals surface area contributed by atoms with Gasteiger partial charge in [0.2, 0.25) is 5.95 Å². The van der Waals surface area contributed by atoms with Gasteiger partial charge in [-0.2, -0.15) is 13.2 Å². The summed E-state index contributed by atoms with van der Waals surface area (Å²) in [6.45, 7) is 1.16. The highest BCUT2D eigenvalue weighted by Crippen LogP contribution is 2.32. The molecule has 0 radical (unpaired) electrons. The number of aromatic nitrogens is 2. The van der Waals surface area contributed by atoms with Crippen LogP contribution in [0.3, 0.4) is 0 Å². The summed E-state index contributed by atoms with van der Waals surface area (Å²) in [5, 5.41) is 3.13. The highest BCUT2D eigenvalue weighted by Gasteiger charge is 2.36. The molecule has 0 amide bonds. The first-order chi connectivity index (χ1) is 13.3. The third-order valence-corrected chi connectivity index (χ3v) is 4.69. The van der Waals surface area contributed by atoms with Crippen LogP contribution in [-0.4, -0.2) is 29.0 Å². The van der Waals surface area contributed by atoms with E-state index in [1.807, 2.05) is 0 Å². The average molecular weight is 414 g/mol. The fourth-order valence-electron chi connectivity index (χ4n) is 3.09. The normalized spacial score (nSPS) is 15.4. The maximum Gasteiger partial charge on any atom is 0.433 e. The first kappa shape index (κ1) is 20.5. The largest absolute Gasteiger partial charge is 0.433 e. The number of carbonyl (C=O) groups is 1. The molecule has 1 saturated heterocycles. The molecule has 0 unspecified atom stereocenters. The van der Waals surface area contributed by atoms with Crippen LogP contribution in [0.15, 0.2) is 30.5 Å². The Morgan fingerprint density at radius 3 is 2.71 bits per heavy atom. The number of anilines is 2. The van der Waals surface area contributed by atoms with E-state index in [9.17, 15) is 18.0 Å². The smallest absolute Gasteiger partial charge is 0.381 e. The molecule has 2 heterocycles. The zero-order valence-electron chi connectivity index (χ0n) is 14.9. The van der Waals surface area contributed by atoms with Crippen molar-refractivity contribution < 1.29 is 22.7 Å². The second-order valence-electron chi connectivity index (χ2n) is 6.68. The van der Waals surface area contributed by atoms with E-state index in [0.29, 0.717) is 23.9 Å². The molecule has 3 rings (SSSR count). The monoisotopic (exact) mass is 413 g/mol. The molecule has 1 aromatic heterocycles. The Labute approximate surface area is 165 Å². The molecule has 0 spiro atoms. The minimum absolute atomic E-state index is 0.153. The van der Waals surface area contributed by atoms with Gasteiger partial charge in [0.1, 0.15) is 5.78 Å². The Balaban J connectivity index is 1.76. The summed E-state index contributed by atoms with van der Waals surface area (Å²) in [5.41, 5.74) is -0.863. The second-order valence-corrected chi connectivity index (χ2v) is 7.11. The van der Waals surface area contributed by atoms with Gasteiger partial charge in [0.15, 0.2) is 5.69 Å². The van der Waals surface area contributed by atoms with Gasteiger partial charge in [0.25, 0.3) is 0 Å². The molecule has 1 aliphatic heterocycles. The van der Waals surface area contributed by atoms with Crippen LogP contribution in [0.25, 0.3) is 0 Å². The van der Waals surface area contributed by atoms with Crippen LogP contribution in [0.1, 0.15) is 30.5 Å². The van der Waals surface area contributed by atoms with Gasteiger partial charge in [-0.3, -0.25) is 4.79 Å². The minimum atomic E-state index is -4.69. The molecular weight excluding hydrogens is 395 g/mol. The van der Waals surface area contributed by atoms with Crippen LogP contribution >= 0.6 is 11.6 Å². The number of alkyl halides is 3. The molecule has 1 N–H and O–H groups in total. The van der Waals surface area contributed by atoms with E-state index in [1.54, 1.807) is 24.3 Å². The van der Waals surface area contributed by atoms with Crippen molar-refractivity contribution in [3.8, 4) is 0 Å². The average Bonchev–Trinajstić information content (AvgIpc) is 2.63. The van der Waals surface area contributed by atoms with E-state index in [0.717, 1.165) is 19.0 Å². The first-order valence-electron chi connectivity index (χ1n) is 8.86. The van der Waals surface area contributed by atoms with Gasteiger partial charge >= 0.3 is 6.18 Å². The molecule has 1 fully saturated rings. The number of ether oxygens (including phenoxy) is 1. The van der Waals surface area contributed by atoms with E-state index in [2.05, 4.69) is 15.3 Å². The third-order valence-electron chi connectivity index (χ3n) is 4.46. The number of nitrogens with zero attached hydrogens (tertiary/aromatic N) is 2. The number of benzene rings is 1. The fraction of sp³-hybridized carbons (Fsp3) is 0.421. The van der Waals surface area contributed by atoms with Crippen LogP contribution in [0.4, 0.5) is 24.8 Å². The second kappa shape index (κ2) is 8.87. The molecule has 0 atom stereocenters. The summed E-state index contributed by atoms with van der Waals surface area (Å²) in [7, 11) is 0. The predicted molar refractivity (Wildman–Crippen MR) is 98.6 cm³/mol. The van der Waals surface area contributed by atoms with Crippen LogP contribution < -0.4 is 5.32 Å². The molecule has 1 aliphatic rings. The Morgan fingerprint density at radius 1 is 1.29 bits per heavy atom. The first-order valence-corrected chi connectivity index (χ1v) is 9.24. The third kappa shape index (κ3) is 5.65. The Bertz CT molecular complexity index is 839. The summed E-state index contributed by atoms with van der Waals surface area (Å²) in [6.07, 6.45) is -2.24. The molecule has 2 aromatic rings. The number of carbonyl (C=O) groups excluding carboxylic acids is 1. The Kier molecular flexibility index (Phi) is 6.51. The van der Waals surface area contributed by atoms with Gasteiger partial charge in [0.05, 0.1) is 0 Å².